The predicted octanol–water partition coefficient (Wildman–Crippen LogP) is -0.686. The molecule has 0 saturated carbocycles. The van der Waals surface area contributed by atoms with Gasteiger partial charge in [0.1, 0.15) is 5.69 Å². The molecule has 0 aliphatic carbocycles. The molecule has 21 heavy (non-hydrogen) atoms. The quantitative estimate of drug-likeness (QED) is 0.764. The molecule has 1 atom stereocenters. The summed E-state index contributed by atoms with van der Waals surface area (Å²) in [4.78, 5) is 25.0. The van der Waals surface area contributed by atoms with E-state index in [1.807, 2.05) is 0 Å². The van der Waals surface area contributed by atoms with Crippen molar-refractivity contribution >= 4 is 15.9 Å². The monoisotopic (exact) mass is 314 g/mol. The summed E-state index contributed by atoms with van der Waals surface area (Å²) in [6.45, 7) is 0.740. The van der Waals surface area contributed by atoms with Crippen molar-refractivity contribution in [2.45, 2.75) is 25.3 Å². The normalized spacial score (nSPS) is 19.5. The van der Waals surface area contributed by atoms with Crippen molar-refractivity contribution in [3.63, 3.8) is 0 Å². The van der Waals surface area contributed by atoms with Crippen molar-refractivity contribution < 1.29 is 13.2 Å². The number of rotatable bonds is 4. The number of nitrogens with one attached hydrogen (secondary N) is 2. The number of amides is 1. The molecule has 2 rings (SSSR count). The van der Waals surface area contributed by atoms with E-state index < -0.39 is 10.0 Å². The van der Waals surface area contributed by atoms with Gasteiger partial charge in [0.15, 0.2) is 0 Å². The molecule has 1 fully saturated rings. The van der Waals surface area contributed by atoms with Crippen LogP contribution in [0.5, 0.6) is 0 Å². The van der Waals surface area contributed by atoms with Crippen molar-refractivity contribution in [1.29, 1.82) is 0 Å². The summed E-state index contributed by atoms with van der Waals surface area (Å²) < 4.78 is 24.8. The third-order valence-corrected chi connectivity index (χ3v) is 4.06. The van der Waals surface area contributed by atoms with Gasteiger partial charge in [0.2, 0.25) is 10.0 Å². The van der Waals surface area contributed by atoms with Gasteiger partial charge in [0.05, 0.1) is 6.26 Å². The maximum absolute atomic E-state index is 12.4. The van der Waals surface area contributed by atoms with Gasteiger partial charge in [-0.25, -0.2) is 18.2 Å². The van der Waals surface area contributed by atoms with Crippen molar-refractivity contribution in [1.82, 2.24) is 19.8 Å². The van der Waals surface area contributed by atoms with Gasteiger partial charge in [-0.3, -0.25) is 9.59 Å². The summed E-state index contributed by atoms with van der Waals surface area (Å²) in [5.41, 5.74) is -0.221. The number of likely N-dealkylation sites (tertiary alicyclic amines) is 1. The molecule has 0 radical (unpaired) electrons. The molecule has 116 valence electrons. The fraction of sp³-hybridized carbons (Fsp3) is 0.583. The Kier molecular flexibility index (Phi) is 4.73. The Hall–Kier alpha value is -1.74. The van der Waals surface area contributed by atoms with Crippen LogP contribution in [0.4, 0.5) is 0 Å². The maximum atomic E-state index is 12.4. The van der Waals surface area contributed by atoms with Crippen LogP contribution in [-0.4, -0.2) is 54.8 Å². The van der Waals surface area contributed by atoms with Crippen LogP contribution in [0, 0.1) is 0 Å². The smallest absolute Gasteiger partial charge is 0.274 e. The SMILES string of the molecule is CS(=O)(=O)NCC1CCCCN1C(=O)c1ccc(=O)[nH]n1. The molecule has 2 heterocycles. The number of hydrogen-bond donors (Lipinski definition) is 2. The van der Waals surface area contributed by atoms with Crippen LogP contribution in [0.15, 0.2) is 16.9 Å². The molecule has 1 saturated heterocycles. The van der Waals surface area contributed by atoms with E-state index in [0.29, 0.717) is 6.54 Å². The molecule has 1 aliphatic heterocycles. The summed E-state index contributed by atoms with van der Waals surface area (Å²) in [7, 11) is -3.29. The number of H-pyrrole nitrogens is 1. The lowest BCUT2D eigenvalue weighted by Gasteiger charge is -2.35. The number of carbonyl (C=O) groups is 1. The molecule has 1 aromatic rings. The Morgan fingerprint density at radius 3 is 2.86 bits per heavy atom. The minimum Gasteiger partial charge on any atom is -0.333 e. The molecule has 1 amide bonds. The second-order valence-corrected chi connectivity index (χ2v) is 6.91. The standard InChI is InChI=1S/C12H18N4O4S/c1-21(19,20)13-8-9-4-2-3-7-16(9)12(18)10-5-6-11(17)15-14-10/h5-6,9,13H,2-4,7-8H2,1H3,(H,15,17). The van der Waals surface area contributed by atoms with Gasteiger partial charge in [-0.15, -0.1) is 0 Å². The van der Waals surface area contributed by atoms with Crippen LogP contribution in [0.3, 0.4) is 0 Å². The van der Waals surface area contributed by atoms with E-state index in [0.717, 1.165) is 25.5 Å². The van der Waals surface area contributed by atoms with Gasteiger partial charge in [0, 0.05) is 25.2 Å². The third-order valence-electron chi connectivity index (χ3n) is 3.37. The average molecular weight is 314 g/mol. The van der Waals surface area contributed by atoms with E-state index in [1.54, 1.807) is 4.90 Å². The third kappa shape index (κ3) is 4.36. The van der Waals surface area contributed by atoms with Crippen molar-refractivity contribution in [2.75, 3.05) is 19.3 Å². The first-order valence-corrected chi connectivity index (χ1v) is 8.57. The number of nitrogens with zero attached hydrogens (tertiary/aromatic N) is 2. The summed E-state index contributed by atoms with van der Waals surface area (Å²) in [5.74, 6) is -0.300. The Morgan fingerprint density at radius 1 is 1.48 bits per heavy atom. The molecular weight excluding hydrogens is 296 g/mol. The van der Waals surface area contributed by atoms with E-state index in [2.05, 4.69) is 14.9 Å². The van der Waals surface area contributed by atoms with Gasteiger partial charge in [-0.05, 0) is 25.3 Å². The van der Waals surface area contributed by atoms with E-state index >= 15 is 0 Å². The predicted molar refractivity (Wildman–Crippen MR) is 76.4 cm³/mol. The molecule has 1 aromatic heterocycles. The first-order chi connectivity index (χ1) is 9.87. The molecule has 1 aliphatic rings. The fourth-order valence-corrected chi connectivity index (χ4v) is 2.83. The van der Waals surface area contributed by atoms with E-state index in [-0.39, 0.29) is 29.7 Å². The van der Waals surface area contributed by atoms with Crippen LogP contribution in [0.1, 0.15) is 29.8 Å². The number of carbonyl (C=O) groups excluding carboxylic acids is 1. The first-order valence-electron chi connectivity index (χ1n) is 6.68. The zero-order valence-electron chi connectivity index (χ0n) is 11.7. The van der Waals surface area contributed by atoms with Crippen LogP contribution >= 0.6 is 0 Å². The summed E-state index contributed by atoms with van der Waals surface area (Å²) >= 11 is 0. The maximum Gasteiger partial charge on any atom is 0.274 e. The van der Waals surface area contributed by atoms with Crippen LogP contribution < -0.4 is 10.3 Å². The van der Waals surface area contributed by atoms with Gasteiger partial charge in [0.25, 0.3) is 11.5 Å². The van der Waals surface area contributed by atoms with Crippen LogP contribution in [0.2, 0.25) is 0 Å². The van der Waals surface area contributed by atoms with E-state index in [4.69, 9.17) is 0 Å². The van der Waals surface area contributed by atoms with Crippen molar-refractivity contribution in [3.05, 3.63) is 28.2 Å². The lowest BCUT2D eigenvalue weighted by molar-refractivity contribution is 0.0611. The van der Waals surface area contributed by atoms with Gasteiger partial charge in [-0.1, -0.05) is 0 Å². The molecule has 0 spiro atoms. The van der Waals surface area contributed by atoms with Gasteiger partial charge >= 0.3 is 0 Å². The van der Waals surface area contributed by atoms with E-state index in [1.165, 1.54) is 12.1 Å². The summed E-state index contributed by atoms with van der Waals surface area (Å²) in [6.07, 6.45) is 3.63. The lowest BCUT2D eigenvalue weighted by atomic mass is 10.0. The molecule has 2 N–H and O–H groups in total. The molecular formula is C12H18N4O4S. The molecule has 0 bridgehead atoms. The summed E-state index contributed by atoms with van der Waals surface area (Å²) in [5, 5.41) is 5.96. The Labute approximate surface area is 122 Å². The Balaban J connectivity index is 2.12. The van der Waals surface area contributed by atoms with Gasteiger partial charge in [-0.2, -0.15) is 5.10 Å². The highest BCUT2D eigenvalue weighted by molar-refractivity contribution is 7.88. The van der Waals surface area contributed by atoms with E-state index in [9.17, 15) is 18.0 Å². The first kappa shape index (κ1) is 15.6. The topological polar surface area (TPSA) is 112 Å². The number of piperidine rings is 1. The lowest BCUT2D eigenvalue weighted by Crippen LogP contribution is -2.49. The number of sulfonamides is 1. The number of aromatic amines is 1. The summed E-state index contributed by atoms with van der Waals surface area (Å²) in [6, 6.07) is 2.42. The zero-order chi connectivity index (χ0) is 15.5. The molecule has 0 aromatic carbocycles. The largest absolute Gasteiger partial charge is 0.333 e. The fourth-order valence-electron chi connectivity index (χ4n) is 2.34. The highest BCUT2D eigenvalue weighted by atomic mass is 32.2. The van der Waals surface area contributed by atoms with Crippen LogP contribution in [0.25, 0.3) is 0 Å². The highest BCUT2D eigenvalue weighted by Crippen LogP contribution is 2.18. The zero-order valence-corrected chi connectivity index (χ0v) is 12.5. The Morgan fingerprint density at radius 2 is 2.24 bits per heavy atom. The van der Waals surface area contributed by atoms with Crippen molar-refractivity contribution in [2.24, 2.45) is 0 Å². The second kappa shape index (κ2) is 6.35. The molecule has 1 unspecified atom stereocenters. The average Bonchev–Trinajstić information content (AvgIpc) is 2.45. The number of aromatic nitrogens is 2. The van der Waals surface area contributed by atoms with Crippen molar-refractivity contribution in [3.8, 4) is 0 Å². The number of hydrogen-bond acceptors (Lipinski definition) is 5. The molecule has 9 heteroatoms. The highest BCUT2D eigenvalue weighted by Gasteiger charge is 2.28. The second-order valence-electron chi connectivity index (χ2n) is 5.08. The minimum absolute atomic E-state index is 0.154. The molecule has 8 nitrogen and oxygen atoms in total. The Bertz CT molecular complexity index is 650. The van der Waals surface area contributed by atoms with Crippen LogP contribution in [-0.2, 0) is 10.0 Å². The minimum atomic E-state index is -3.29. The van der Waals surface area contributed by atoms with Gasteiger partial charge < -0.3 is 4.90 Å².